The SMILES string of the molecule is COc1ccc(C)cc1NC(=O)CCNS(=O)(=O)c1ccc(OC)c(OC)c1. The lowest BCUT2D eigenvalue weighted by Crippen LogP contribution is -2.28. The number of carbonyl (C=O) groups excluding carboxylic acids is 1. The van der Waals surface area contributed by atoms with Crippen molar-refractivity contribution in [2.45, 2.75) is 18.2 Å². The summed E-state index contributed by atoms with van der Waals surface area (Å²) in [4.78, 5) is 12.2. The molecule has 8 nitrogen and oxygen atoms in total. The Kier molecular flexibility index (Phi) is 7.24. The smallest absolute Gasteiger partial charge is 0.240 e. The number of hydrogen-bond donors (Lipinski definition) is 2. The van der Waals surface area contributed by atoms with Gasteiger partial charge in [-0.05, 0) is 36.8 Å². The third-order valence-electron chi connectivity index (χ3n) is 3.94. The average molecular weight is 408 g/mol. The van der Waals surface area contributed by atoms with Crippen LogP contribution < -0.4 is 24.2 Å². The number of anilines is 1. The van der Waals surface area contributed by atoms with Crippen LogP contribution >= 0.6 is 0 Å². The second-order valence-corrected chi connectivity index (χ2v) is 7.68. The molecule has 0 spiro atoms. The van der Waals surface area contributed by atoms with Gasteiger partial charge in [-0.15, -0.1) is 0 Å². The van der Waals surface area contributed by atoms with Gasteiger partial charge in [-0.3, -0.25) is 4.79 Å². The molecule has 2 aromatic carbocycles. The van der Waals surface area contributed by atoms with Gasteiger partial charge in [-0.2, -0.15) is 0 Å². The molecule has 152 valence electrons. The Hall–Kier alpha value is -2.78. The van der Waals surface area contributed by atoms with E-state index in [2.05, 4.69) is 10.0 Å². The van der Waals surface area contributed by atoms with E-state index in [1.165, 1.54) is 39.5 Å². The summed E-state index contributed by atoms with van der Waals surface area (Å²) in [6.45, 7) is 1.84. The molecule has 0 heterocycles. The fourth-order valence-electron chi connectivity index (χ4n) is 2.50. The molecular weight excluding hydrogens is 384 g/mol. The zero-order chi connectivity index (χ0) is 20.7. The lowest BCUT2D eigenvalue weighted by molar-refractivity contribution is -0.116. The zero-order valence-corrected chi connectivity index (χ0v) is 17.1. The minimum Gasteiger partial charge on any atom is -0.495 e. The van der Waals surface area contributed by atoms with Crippen LogP contribution in [0.2, 0.25) is 0 Å². The van der Waals surface area contributed by atoms with Crippen LogP contribution in [0.1, 0.15) is 12.0 Å². The third-order valence-corrected chi connectivity index (χ3v) is 5.40. The maximum absolute atomic E-state index is 12.4. The predicted octanol–water partition coefficient (Wildman–Crippen LogP) is 2.33. The molecule has 2 N–H and O–H groups in total. The number of methoxy groups -OCH3 is 3. The van der Waals surface area contributed by atoms with Crippen molar-refractivity contribution in [1.82, 2.24) is 4.72 Å². The molecule has 0 atom stereocenters. The number of rotatable bonds is 9. The summed E-state index contributed by atoms with van der Waals surface area (Å²) in [5.74, 6) is 0.923. The molecule has 0 aliphatic carbocycles. The minimum absolute atomic E-state index is 0.0194. The second kappa shape index (κ2) is 9.43. The summed E-state index contributed by atoms with van der Waals surface area (Å²) in [6.07, 6.45) is -0.0381. The van der Waals surface area contributed by atoms with Crippen molar-refractivity contribution in [3.8, 4) is 17.2 Å². The molecule has 0 unspecified atom stereocenters. The summed E-state index contributed by atoms with van der Waals surface area (Å²) >= 11 is 0. The van der Waals surface area contributed by atoms with E-state index in [9.17, 15) is 13.2 Å². The summed E-state index contributed by atoms with van der Waals surface area (Å²) < 4.78 is 42.7. The van der Waals surface area contributed by atoms with Crippen molar-refractivity contribution < 1.29 is 27.4 Å². The maximum atomic E-state index is 12.4. The number of benzene rings is 2. The molecule has 0 aliphatic rings. The van der Waals surface area contributed by atoms with Crippen molar-refractivity contribution in [2.24, 2.45) is 0 Å². The summed E-state index contributed by atoms with van der Waals surface area (Å²) in [5, 5.41) is 2.73. The van der Waals surface area contributed by atoms with Gasteiger partial charge in [-0.1, -0.05) is 6.07 Å². The fourth-order valence-corrected chi connectivity index (χ4v) is 3.55. The molecule has 2 rings (SSSR count). The lowest BCUT2D eigenvalue weighted by atomic mass is 10.2. The standard InChI is InChI=1S/C19H24N2O6S/c1-13-5-7-16(25-2)15(11-13)21-19(22)9-10-20-28(23,24)14-6-8-17(26-3)18(12-14)27-4/h5-8,11-12,20H,9-10H2,1-4H3,(H,21,22). The molecule has 0 fully saturated rings. The Balaban J connectivity index is 1.98. The number of nitrogens with one attached hydrogen (secondary N) is 2. The van der Waals surface area contributed by atoms with Gasteiger partial charge in [-0.25, -0.2) is 13.1 Å². The van der Waals surface area contributed by atoms with Gasteiger partial charge in [0.1, 0.15) is 5.75 Å². The van der Waals surface area contributed by atoms with Gasteiger partial charge in [0.05, 0.1) is 31.9 Å². The Morgan fingerprint density at radius 1 is 0.929 bits per heavy atom. The van der Waals surface area contributed by atoms with E-state index in [0.29, 0.717) is 22.9 Å². The van der Waals surface area contributed by atoms with E-state index in [1.807, 2.05) is 13.0 Å². The normalized spacial score (nSPS) is 11.0. The molecule has 0 aliphatic heterocycles. The number of amides is 1. The number of carbonyl (C=O) groups is 1. The molecule has 0 radical (unpaired) electrons. The van der Waals surface area contributed by atoms with Crippen molar-refractivity contribution in [2.75, 3.05) is 33.2 Å². The number of hydrogen-bond acceptors (Lipinski definition) is 6. The fraction of sp³-hybridized carbons (Fsp3) is 0.316. The Morgan fingerprint density at radius 2 is 1.57 bits per heavy atom. The Morgan fingerprint density at radius 3 is 2.21 bits per heavy atom. The number of ether oxygens (including phenoxy) is 3. The molecule has 0 saturated heterocycles. The van der Waals surface area contributed by atoms with Gasteiger partial charge in [0, 0.05) is 19.0 Å². The van der Waals surface area contributed by atoms with Gasteiger partial charge < -0.3 is 19.5 Å². The highest BCUT2D eigenvalue weighted by atomic mass is 32.2. The first kappa shape index (κ1) is 21.5. The van der Waals surface area contributed by atoms with Crippen molar-refractivity contribution in [3.63, 3.8) is 0 Å². The summed E-state index contributed by atoms with van der Waals surface area (Å²) in [6, 6.07) is 9.67. The summed E-state index contributed by atoms with van der Waals surface area (Å²) in [5.41, 5.74) is 1.50. The second-order valence-electron chi connectivity index (χ2n) is 5.92. The van der Waals surface area contributed by atoms with Gasteiger partial charge in [0.15, 0.2) is 11.5 Å². The molecule has 2 aromatic rings. The predicted molar refractivity (Wildman–Crippen MR) is 106 cm³/mol. The molecule has 1 amide bonds. The molecule has 9 heteroatoms. The van der Waals surface area contributed by atoms with E-state index < -0.39 is 10.0 Å². The first-order valence-corrected chi connectivity index (χ1v) is 9.95. The van der Waals surface area contributed by atoms with E-state index in [-0.39, 0.29) is 23.8 Å². The van der Waals surface area contributed by atoms with Crippen LogP contribution in [0.15, 0.2) is 41.3 Å². The molecular formula is C19H24N2O6S. The largest absolute Gasteiger partial charge is 0.495 e. The maximum Gasteiger partial charge on any atom is 0.240 e. The van der Waals surface area contributed by atoms with Gasteiger partial charge in [0.2, 0.25) is 15.9 Å². The van der Waals surface area contributed by atoms with Crippen LogP contribution in [0.4, 0.5) is 5.69 Å². The van der Waals surface area contributed by atoms with E-state index in [4.69, 9.17) is 14.2 Å². The highest BCUT2D eigenvalue weighted by Gasteiger charge is 2.17. The van der Waals surface area contributed by atoms with Crippen molar-refractivity contribution in [1.29, 1.82) is 0 Å². The minimum atomic E-state index is -3.80. The Labute approximate surface area is 164 Å². The molecule has 28 heavy (non-hydrogen) atoms. The van der Waals surface area contributed by atoms with Crippen LogP contribution in [0, 0.1) is 6.92 Å². The molecule has 0 bridgehead atoms. The van der Waals surface area contributed by atoms with Crippen LogP contribution in [0.3, 0.4) is 0 Å². The van der Waals surface area contributed by atoms with Crippen LogP contribution in [-0.2, 0) is 14.8 Å². The third kappa shape index (κ3) is 5.37. The highest BCUT2D eigenvalue weighted by molar-refractivity contribution is 7.89. The van der Waals surface area contributed by atoms with Crippen molar-refractivity contribution >= 4 is 21.6 Å². The topological polar surface area (TPSA) is 103 Å². The number of sulfonamides is 1. The first-order chi connectivity index (χ1) is 13.3. The van der Waals surface area contributed by atoms with Gasteiger partial charge >= 0.3 is 0 Å². The van der Waals surface area contributed by atoms with Crippen LogP contribution in [0.5, 0.6) is 17.2 Å². The molecule has 0 saturated carbocycles. The van der Waals surface area contributed by atoms with Crippen molar-refractivity contribution in [3.05, 3.63) is 42.0 Å². The van der Waals surface area contributed by atoms with E-state index in [0.717, 1.165) is 5.56 Å². The van der Waals surface area contributed by atoms with Crippen LogP contribution in [-0.4, -0.2) is 42.2 Å². The van der Waals surface area contributed by atoms with E-state index in [1.54, 1.807) is 12.1 Å². The van der Waals surface area contributed by atoms with Crippen LogP contribution in [0.25, 0.3) is 0 Å². The number of aryl methyl sites for hydroxylation is 1. The average Bonchev–Trinajstić information content (AvgIpc) is 2.67. The Bertz CT molecular complexity index is 943. The highest BCUT2D eigenvalue weighted by Crippen LogP contribution is 2.29. The first-order valence-electron chi connectivity index (χ1n) is 8.47. The molecule has 0 aromatic heterocycles. The quantitative estimate of drug-likeness (QED) is 0.660. The van der Waals surface area contributed by atoms with Gasteiger partial charge in [0.25, 0.3) is 0 Å². The lowest BCUT2D eigenvalue weighted by Gasteiger charge is -2.12. The monoisotopic (exact) mass is 408 g/mol. The zero-order valence-electron chi connectivity index (χ0n) is 16.2. The van der Waals surface area contributed by atoms with E-state index >= 15 is 0 Å². The summed E-state index contributed by atoms with van der Waals surface area (Å²) in [7, 11) is 0.602.